The number of nitrogens with one attached hydrogen (secondary N) is 1. The van der Waals surface area contributed by atoms with Crippen molar-refractivity contribution in [3.63, 3.8) is 0 Å². The molecule has 0 unspecified atom stereocenters. The fourth-order valence-electron chi connectivity index (χ4n) is 3.07. The Labute approximate surface area is 148 Å². The van der Waals surface area contributed by atoms with Crippen LogP contribution in [0.4, 0.5) is 5.69 Å². The number of benzene rings is 1. The Balaban J connectivity index is 1.32. The third-order valence-electron chi connectivity index (χ3n) is 4.66. The summed E-state index contributed by atoms with van der Waals surface area (Å²) in [5.41, 5.74) is 1.30. The predicted molar refractivity (Wildman–Crippen MR) is 97.5 cm³/mol. The summed E-state index contributed by atoms with van der Waals surface area (Å²) in [4.78, 5) is 20.8. The van der Waals surface area contributed by atoms with Crippen LogP contribution in [0.5, 0.6) is 0 Å². The van der Waals surface area contributed by atoms with Crippen LogP contribution in [0.3, 0.4) is 0 Å². The van der Waals surface area contributed by atoms with E-state index in [0.717, 1.165) is 39.1 Å². The van der Waals surface area contributed by atoms with Crippen molar-refractivity contribution in [3.05, 3.63) is 43.0 Å². The zero-order chi connectivity index (χ0) is 17.5. The first-order valence-corrected chi connectivity index (χ1v) is 8.88. The highest BCUT2D eigenvalue weighted by atomic mass is 16.2. The third-order valence-corrected chi connectivity index (χ3v) is 4.66. The van der Waals surface area contributed by atoms with E-state index in [-0.39, 0.29) is 11.9 Å². The molecule has 1 atom stereocenters. The van der Waals surface area contributed by atoms with E-state index in [4.69, 9.17) is 0 Å². The van der Waals surface area contributed by atoms with Crippen LogP contribution in [0.25, 0.3) is 0 Å². The zero-order valence-corrected chi connectivity index (χ0v) is 14.7. The van der Waals surface area contributed by atoms with Gasteiger partial charge in [-0.15, -0.1) is 0 Å². The summed E-state index contributed by atoms with van der Waals surface area (Å²) < 4.78 is 1.57. The van der Waals surface area contributed by atoms with E-state index >= 15 is 0 Å². The minimum Gasteiger partial charge on any atom is -0.369 e. The van der Waals surface area contributed by atoms with Crippen molar-refractivity contribution in [1.82, 2.24) is 25.0 Å². The summed E-state index contributed by atoms with van der Waals surface area (Å²) in [6.07, 6.45) is 3.97. The van der Waals surface area contributed by atoms with Gasteiger partial charge in [0.15, 0.2) is 0 Å². The molecular weight excluding hydrogens is 316 g/mol. The quantitative estimate of drug-likeness (QED) is 0.765. The molecule has 0 bridgehead atoms. The lowest BCUT2D eigenvalue weighted by atomic mass is 10.2. The van der Waals surface area contributed by atoms with E-state index in [1.54, 1.807) is 11.0 Å². The highest BCUT2D eigenvalue weighted by Crippen LogP contribution is 2.15. The maximum Gasteiger partial charge on any atom is 0.244 e. The maximum absolute atomic E-state index is 12.1. The Bertz CT molecular complexity index is 637. The second-order valence-electron chi connectivity index (χ2n) is 6.36. The number of nitrogens with zero attached hydrogens (tertiary/aromatic N) is 5. The lowest BCUT2D eigenvalue weighted by Gasteiger charge is -2.36. The largest absolute Gasteiger partial charge is 0.369 e. The van der Waals surface area contributed by atoms with Gasteiger partial charge in [-0.2, -0.15) is 5.10 Å². The maximum atomic E-state index is 12.1. The number of piperazine rings is 1. The van der Waals surface area contributed by atoms with Crippen LogP contribution < -0.4 is 10.2 Å². The molecule has 134 valence electrons. The molecule has 2 heterocycles. The molecule has 1 N–H and O–H groups in total. The highest BCUT2D eigenvalue weighted by Gasteiger charge is 2.17. The molecule has 7 nitrogen and oxygen atoms in total. The van der Waals surface area contributed by atoms with E-state index < -0.39 is 0 Å². The van der Waals surface area contributed by atoms with E-state index in [1.165, 1.54) is 12.0 Å². The summed E-state index contributed by atoms with van der Waals surface area (Å²) in [5, 5.41) is 6.98. The monoisotopic (exact) mass is 342 g/mol. The van der Waals surface area contributed by atoms with Crippen LogP contribution in [0.1, 0.15) is 19.4 Å². The van der Waals surface area contributed by atoms with Gasteiger partial charge < -0.3 is 10.2 Å². The van der Waals surface area contributed by atoms with Crippen LogP contribution in [0.2, 0.25) is 0 Å². The molecule has 0 radical (unpaired) electrons. The molecule has 2 aromatic rings. The van der Waals surface area contributed by atoms with Gasteiger partial charge >= 0.3 is 0 Å². The van der Waals surface area contributed by atoms with Crippen molar-refractivity contribution >= 4 is 11.6 Å². The molecular formula is C18H26N6O. The van der Waals surface area contributed by atoms with Crippen molar-refractivity contribution in [2.75, 3.05) is 44.2 Å². The van der Waals surface area contributed by atoms with Gasteiger partial charge in [-0.25, -0.2) is 9.67 Å². The molecule has 25 heavy (non-hydrogen) atoms. The minimum atomic E-state index is -0.322. The Kier molecular flexibility index (Phi) is 6.00. The molecule has 1 fully saturated rings. The van der Waals surface area contributed by atoms with Crippen molar-refractivity contribution in [2.45, 2.75) is 19.4 Å². The smallest absolute Gasteiger partial charge is 0.244 e. The van der Waals surface area contributed by atoms with Gasteiger partial charge in [0.05, 0.1) is 0 Å². The SMILES string of the molecule is C[C@@H](C(=O)NCCCN1CCN(c2ccccc2)CC1)n1cncn1. The average Bonchev–Trinajstić information content (AvgIpc) is 3.20. The Hall–Kier alpha value is -2.41. The Morgan fingerprint density at radius 2 is 1.96 bits per heavy atom. The molecule has 1 saturated heterocycles. The zero-order valence-electron chi connectivity index (χ0n) is 14.7. The van der Waals surface area contributed by atoms with Gasteiger partial charge in [-0.05, 0) is 32.0 Å². The topological polar surface area (TPSA) is 66.3 Å². The van der Waals surface area contributed by atoms with Gasteiger partial charge in [0.1, 0.15) is 18.7 Å². The molecule has 1 amide bonds. The van der Waals surface area contributed by atoms with Crippen LogP contribution in [-0.4, -0.2) is 64.8 Å². The average molecular weight is 342 g/mol. The fraction of sp³-hybridized carbons (Fsp3) is 0.500. The second kappa shape index (κ2) is 8.62. The normalized spacial score (nSPS) is 16.6. The number of aromatic nitrogens is 3. The Morgan fingerprint density at radius 1 is 1.20 bits per heavy atom. The van der Waals surface area contributed by atoms with E-state index in [9.17, 15) is 4.79 Å². The van der Waals surface area contributed by atoms with Gasteiger partial charge in [0, 0.05) is 38.4 Å². The number of hydrogen-bond acceptors (Lipinski definition) is 5. The molecule has 0 spiro atoms. The second-order valence-corrected chi connectivity index (χ2v) is 6.36. The molecule has 7 heteroatoms. The van der Waals surface area contributed by atoms with E-state index in [1.807, 2.05) is 6.92 Å². The van der Waals surface area contributed by atoms with Gasteiger partial charge in [0.2, 0.25) is 5.91 Å². The highest BCUT2D eigenvalue weighted by molar-refractivity contribution is 5.79. The first-order valence-electron chi connectivity index (χ1n) is 8.88. The Morgan fingerprint density at radius 3 is 2.64 bits per heavy atom. The summed E-state index contributed by atoms with van der Waals surface area (Å²) in [5.74, 6) is -0.0144. The first kappa shape index (κ1) is 17.4. The number of carbonyl (C=O) groups excluding carboxylic acids is 1. The number of anilines is 1. The molecule has 1 aromatic carbocycles. The fourth-order valence-corrected chi connectivity index (χ4v) is 3.07. The lowest BCUT2D eigenvalue weighted by molar-refractivity contribution is -0.124. The molecule has 3 rings (SSSR count). The van der Waals surface area contributed by atoms with Crippen molar-refractivity contribution in [3.8, 4) is 0 Å². The van der Waals surface area contributed by atoms with Crippen molar-refractivity contribution in [2.24, 2.45) is 0 Å². The molecule has 1 aliphatic rings. The van der Waals surface area contributed by atoms with Crippen LogP contribution in [0, 0.1) is 0 Å². The third kappa shape index (κ3) is 4.79. The summed E-state index contributed by atoms with van der Waals surface area (Å²) >= 11 is 0. The molecule has 1 aromatic heterocycles. The molecule has 1 aliphatic heterocycles. The van der Waals surface area contributed by atoms with Gasteiger partial charge in [-0.3, -0.25) is 9.69 Å². The summed E-state index contributed by atoms with van der Waals surface area (Å²) in [6.45, 7) is 7.78. The van der Waals surface area contributed by atoms with Crippen LogP contribution in [-0.2, 0) is 4.79 Å². The molecule has 0 aliphatic carbocycles. The standard InChI is InChI=1S/C18H26N6O/c1-16(24-15-19-14-21-24)18(25)20-8-5-9-22-10-12-23(13-11-22)17-6-3-2-4-7-17/h2-4,6-7,14-16H,5,8-13H2,1H3,(H,20,25)/t16-/m0/s1. The van der Waals surface area contributed by atoms with Crippen molar-refractivity contribution < 1.29 is 4.79 Å². The van der Waals surface area contributed by atoms with Crippen molar-refractivity contribution in [1.29, 1.82) is 0 Å². The lowest BCUT2D eigenvalue weighted by Crippen LogP contribution is -2.47. The molecule has 0 saturated carbocycles. The first-order chi connectivity index (χ1) is 12.2. The summed E-state index contributed by atoms with van der Waals surface area (Å²) in [6, 6.07) is 10.2. The number of para-hydroxylation sites is 1. The minimum absolute atomic E-state index is 0.0144. The van der Waals surface area contributed by atoms with Gasteiger partial charge in [0.25, 0.3) is 0 Å². The van der Waals surface area contributed by atoms with E-state index in [2.05, 4.69) is 55.5 Å². The van der Waals surface area contributed by atoms with Gasteiger partial charge in [-0.1, -0.05) is 18.2 Å². The summed E-state index contributed by atoms with van der Waals surface area (Å²) in [7, 11) is 0. The van der Waals surface area contributed by atoms with E-state index in [0.29, 0.717) is 6.54 Å². The number of amides is 1. The van der Waals surface area contributed by atoms with Crippen LogP contribution in [0.15, 0.2) is 43.0 Å². The number of hydrogen-bond donors (Lipinski definition) is 1. The van der Waals surface area contributed by atoms with Crippen LogP contribution >= 0.6 is 0 Å². The number of rotatable bonds is 7. The predicted octanol–water partition coefficient (Wildman–Crippen LogP) is 1.17. The number of carbonyl (C=O) groups is 1.